The maximum absolute atomic E-state index is 11.1. The molecule has 1 unspecified atom stereocenters. The predicted molar refractivity (Wildman–Crippen MR) is 101 cm³/mol. The summed E-state index contributed by atoms with van der Waals surface area (Å²) < 4.78 is 1.20. The molecular formula is C19H19N3O2S. The van der Waals surface area contributed by atoms with Crippen molar-refractivity contribution in [2.75, 3.05) is 31.1 Å². The van der Waals surface area contributed by atoms with Crippen LogP contribution in [-0.4, -0.2) is 53.7 Å². The fourth-order valence-corrected chi connectivity index (χ4v) is 4.20. The topological polar surface area (TPSA) is 56.7 Å². The van der Waals surface area contributed by atoms with Crippen LogP contribution in [0.25, 0.3) is 21.3 Å². The van der Waals surface area contributed by atoms with Gasteiger partial charge >= 0.3 is 0 Å². The first-order valence-electron chi connectivity index (χ1n) is 8.29. The molecule has 0 bridgehead atoms. The molecular weight excluding hydrogens is 334 g/mol. The zero-order valence-corrected chi connectivity index (χ0v) is 14.5. The van der Waals surface area contributed by atoms with E-state index in [0.717, 1.165) is 24.2 Å². The molecule has 6 heteroatoms. The van der Waals surface area contributed by atoms with E-state index in [1.165, 1.54) is 15.8 Å². The third-order valence-electron chi connectivity index (χ3n) is 4.77. The van der Waals surface area contributed by atoms with Crippen molar-refractivity contribution < 1.29 is 9.90 Å². The van der Waals surface area contributed by atoms with Crippen LogP contribution in [-0.2, 0) is 4.79 Å². The van der Waals surface area contributed by atoms with Gasteiger partial charge in [0, 0.05) is 30.9 Å². The Bertz CT molecular complexity index is 878. The van der Waals surface area contributed by atoms with Gasteiger partial charge in [-0.05, 0) is 23.8 Å². The van der Waals surface area contributed by atoms with Gasteiger partial charge < -0.3 is 14.9 Å². The van der Waals surface area contributed by atoms with Gasteiger partial charge in [-0.3, -0.25) is 4.79 Å². The number of amides is 1. The number of carbonyl (C=O) groups is 1. The molecule has 1 atom stereocenters. The average molecular weight is 353 g/mol. The minimum absolute atomic E-state index is 0.0132. The van der Waals surface area contributed by atoms with Gasteiger partial charge in [-0.25, -0.2) is 4.98 Å². The van der Waals surface area contributed by atoms with Crippen LogP contribution in [0.15, 0.2) is 48.0 Å². The van der Waals surface area contributed by atoms with Gasteiger partial charge in [0.2, 0.25) is 6.41 Å². The van der Waals surface area contributed by atoms with Crippen LogP contribution < -0.4 is 4.90 Å². The summed E-state index contributed by atoms with van der Waals surface area (Å²) in [6.45, 7) is 2.05. The Morgan fingerprint density at radius 2 is 2.04 bits per heavy atom. The largest absolute Gasteiger partial charge is 0.394 e. The Hall–Kier alpha value is -2.44. The molecule has 5 nitrogen and oxygen atoms in total. The third-order valence-corrected chi connectivity index (χ3v) is 5.65. The van der Waals surface area contributed by atoms with E-state index in [2.05, 4.69) is 40.2 Å². The maximum Gasteiger partial charge on any atom is 0.210 e. The molecule has 0 spiro atoms. The third kappa shape index (κ3) is 2.99. The molecule has 0 saturated carbocycles. The summed E-state index contributed by atoms with van der Waals surface area (Å²) in [7, 11) is 0. The van der Waals surface area contributed by atoms with Crippen molar-refractivity contribution in [3.05, 3.63) is 48.0 Å². The predicted octanol–water partition coefficient (Wildman–Crippen LogP) is 2.60. The quantitative estimate of drug-likeness (QED) is 0.733. The molecule has 1 N–H and O–H groups in total. The number of aromatic nitrogens is 1. The van der Waals surface area contributed by atoms with Crippen molar-refractivity contribution >= 4 is 33.7 Å². The minimum Gasteiger partial charge on any atom is -0.394 e. The van der Waals surface area contributed by atoms with Gasteiger partial charge in [-0.15, -0.1) is 11.3 Å². The van der Waals surface area contributed by atoms with Crippen molar-refractivity contribution in [3.8, 4) is 11.1 Å². The Morgan fingerprint density at radius 1 is 1.20 bits per heavy atom. The lowest BCUT2D eigenvalue weighted by Crippen LogP contribution is -2.54. The molecule has 1 aromatic heterocycles. The first-order chi connectivity index (χ1) is 12.3. The minimum atomic E-state index is -0.142. The number of anilines is 1. The number of piperazine rings is 1. The van der Waals surface area contributed by atoms with E-state index >= 15 is 0 Å². The highest BCUT2D eigenvalue weighted by molar-refractivity contribution is 7.17. The highest BCUT2D eigenvalue weighted by atomic mass is 32.1. The van der Waals surface area contributed by atoms with Crippen molar-refractivity contribution in [1.82, 2.24) is 9.88 Å². The fraction of sp³-hybridized carbons (Fsp3) is 0.263. The van der Waals surface area contributed by atoms with Gasteiger partial charge in [-0.1, -0.05) is 24.3 Å². The van der Waals surface area contributed by atoms with Crippen LogP contribution in [0.2, 0.25) is 0 Å². The summed E-state index contributed by atoms with van der Waals surface area (Å²) in [6.07, 6.45) is 0.830. The summed E-state index contributed by atoms with van der Waals surface area (Å²) in [6, 6.07) is 14.5. The summed E-state index contributed by atoms with van der Waals surface area (Å²) in [5, 5.41) is 9.50. The molecule has 2 heterocycles. The second-order valence-corrected chi connectivity index (χ2v) is 7.03. The van der Waals surface area contributed by atoms with Gasteiger partial charge in [-0.2, -0.15) is 0 Å². The fourth-order valence-electron chi connectivity index (χ4n) is 3.37. The Labute approximate surface area is 150 Å². The zero-order chi connectivity index (χ0) is 17.2. The lowest BCUT2D eigenvalue weighted by molar-refractivity contribution is -0.121. The highest BCUT2D eigenvalue weighted by Crippen LogP contribution is 2.32. The van der Waals surface area contributed by atoms with Crippen molar-refractivity contribution in [3.63, 3.8) is 0 Å². The van der Waals surface area contributed by atoms with Gasteiger partial charge in [0.15, 0.2) is 0 Å². The lowest BCUT2D eigenvalue weighted by Gasteiger charge is -2.39. The molecule has 1 fully saturated rings. The monoisotopic (exact) mass is 353 g/mol. The lowest BCUT2D eigenvalue weighted by atomic mass is 10.0. The van der Waals surface area contributed by atoms with Crippen LogP contribution in [0.3, 0.4) is 0 Å². The Morgan fingerprint density at radius 3 is 2.80 bits per heavy atom. The number of rotatable bonds is 4. The standard InChI is InChI=1S/C19H19N3O2S/c23-11-16-10-21(8-9-22(16)13-24)15-6-4-14(5-7-15)17-2-1-3-18-19(17)25-12-20-18/h1-7,12-13,16,23H,8-11H2. The number of hydrogen-bond acceptors (Lipinski definition) is 5. The Kier molecular flexibility index (Phi) is 4.38. The van der Waals surface area contributed by atoms with Gasteiger partial charge in [0.05, 0.1) is 28.4 Å². The number of fused-ring (bicyclic) bond motifs is 1. The smallest absolute Gasteiger partial charge is 0.210 e. The first kappa shape index (κ1) is 16.1. The molecule has 1 aliphatic rings. The molecule has 1 aliphatic heterocycles. The SMILES string of the molecule is O=CN1CCN(c2ccc(-c3cccc4ncsc34)cc2)CC1CO. The molecule has 128 valence electrons. The van der Waals surface area contributed by atoms with Crippen LogP contribution in [0.1, 0.15) is 0 Å². The molecule has 0 aliphatic carbocycles. The van der Waals surface area contributed by atoms with E-state index in [9.17, 15) is 9.90 Å². The first-order valence-corrected chi connectivity index (χ1v) is 9.17. The summed E-state index contributed by atoms with van der Waals surface area (Å²) in [5.41, 5.74) is 6.39. The molecule has 1 amide bonds. The molecule has 0 radical (unpaired) electrons. The number of carbonyl (C=O) groups excluding carboxylic acids is 1. The Balaban J connectivity index is 1.58. The molecule has 25 heavy (non-hydrogen) atoms. The van der Waals surface area contributed by atoms with E-state index in [1.54, 1.807) is 16.2 Å². The van der Waals surface area contributed by atoms with E-state index < -0.39 is 0 Å². The van der Waals surface area contributed by atoms with Crippen LogP contribution in [0.4, 0.5) is 5.69 Å². The van der Waals surface area contributed by atoms with E-state index in [0.29, 0.717) is 13.1 Å². The van der Waals surface area contributed by atoms with E-state index in [-0.39, 0.29) is 12.6 Å². The van der Waals surface area contributed by atoms with Crippen molar-refractivity contribution in [2.24, 2.45) is 0 Å². The van der Waals surface area contributed by atoms with E-state index in [1.807, 2.05) is 17.6 Å². The van der Waals surface area contributed by atoms with Crippen LogP contribution in [0.5, 0.6) is 0 Å². The van der Waals surface area contributed by atoms with Gasteiger partial charge in [0.1, 0.15) is 0 Å². The van der Waals surface area contributed by atoms with Crippen molar-refractivity contribution in [1.29, 1.82) is 0 Å². The zero-order valence-electron chi connectivity index (χ0n) is 13.7. The number of thiazole rings is 1. The number of nitrogens with zero attached hydrogens (tertiary/aromatic N) is 3. The maximum atomic E-state index is 11.1. The number of hydrogen-bond donors (Lipinski definition) is 1. The summed E-state index contributed by atoms with van der Waals surface area (Å²) in [5.74, 6) is 0. The molecule has 1 saturated heterocycles. The van der Waals surface area contributed by atoms with E-state index in [4.69, 9.17) is 0 Å². The van der Waals surface area contributed by atoms with Crippen molar-refractivity contribution in [2.45, 2.75) is 6.04 Å². The summed E-state index contributed by atoms with van der Waals surface area (Å²) in [4.78, 5) is 19.3. The van der Waals surface area contributed by atoms with Crippen LogP contribution >= 0.6 is 11.3 Å². The average Bonchev–Trinajstić information content (AvgIpc) is 3.16. The number of aliphatic hydroxyl groups excluding tert-OH is 1. The molecule has 3 aromatic rings. The van der Waals surface area contributed by atoms with Gasteiger partial charge in [0.25, 0.3) is 0 Å². The molecule has 2 aromatic carbocycles. The number of benzene rings is 2. The second kappa shape index (κ2) is 6.82. The normalized spacial score (nSPS) is 17.9. The van der Waals surface area contributed by atoms with Crippen LogP contribution in [0, 0.1) is 0 Å². The molecule has 4 rings (SSSR count). The second-order valence-electron chi connectivity index (χ2n) is 6.18. The summed E-state index contributed by atoms with van der Waals surface area (Å²) >= 11 is 1.66. The highest BCUT2D eigenvalue weighted by Gasteiger charge is 2.25. The number of aliphatic hydroxyl groups is 1.